The van der Waals surface area contributed by atoms with E-state index in [0.717, 1.165) is 26.3 Å². The van der Waals surface area contributed by atoms with Crippen molar-refractivity contribution in [1.82, 2.24) is 4.90 Å². The summed E-state index contributed by atoms with van der Waals surface area (Å²) in [5.41, 5.74) is 1.90. The van der Waals surface area contributed by atoms with Crippen LogP contribution in [0.5, 0.6) is 11.5 Å². The topological polar surface area (TPSA) is 54.3 Å². The minimum Gasteiger partial charge on any atom is -0.507 e. The van der Waals surface area contributed by atoms with Crippen LogP contribution < -0.4 is 4.74 Å². The molecular formula is C21H26N2O3. The molecule has 3 rings (SSSR count). The number of nitrogens with zero attached hydrogens (tertiary/aromatic N) is 2. The quantitative estimate of drug-likeness (QED) is 0.809. The number of morpholine rings is 1. The normalized spacial score (nSPS) is 17.9. The van der Waals surface area contributed by atoms with Gasteiger partial charge in [0.2, 0.25) is 0 Å². The van der Waals surface area contributed by atoms with Crippen LogP contribution in [0.3, 0.4) is 0 Å². The van der Waals surface area contributed by atoms with Gasteiger partial charge in [-0.3, -0.25) is 9.89 Å². The van der Waals surface area contributed by atoms with E-state index in [0.29, 0.717) is 11.3 Å². The van der Waals surface area contributed by atoms with Gasteiger partial charge >= 0.3 is 0 Å². The summed E-state index contributed by atoms with van der Waals surface area (Å²) >= 11 is 0. The first kappa shape index (κ1) is 18.4. The number of aliphatic imine (C=N–C) groups is 1. The number of phenolic OH excluding ortho intramolecular Hbond substituents is 1. The molecule has 1 aliphatic rings. The van der Waals surface area contributed by atoms with Crippen molar-refractivity contribution < 1.29 is 14.6 Å². The highest BCUT2D eigenvalue weighted by molar-refractivity contribution is 5.84. The lowest BCUT2D eigenvalue weighted by molar-refractivity contribution is 0.0119. The van der Waals surface area contributed by atoms with Crippen molar-refractivity contribution >= 4 is 6.21 Å². The van der Waals surface area contributed by atoms with Crippen LogP contribution in [0.2, 0.25) is 0 Å². The smallest absolute Gasteiger partial charge is 0.124 e. The fraction of sp³-hybridized carbons (Fsp3) is 0.381. The van der Waals surface area contributed by atoms with E-state index in [2.05, 4.69) is 36.1 Å². The van der Waals surface area contributed by atoms with E-state index >= 15 is 0 Å². The minimum atomic E-state index is 0.0288. The van der Waals surface area contributed by atoms with E-state index in [1.54, 1.807) is 31.5 Å². The van der Waals surface area contributed by atoms with E-state index in [4.69, 9.17) is 14.5 Å². The number of benzene rings is 2. The van der Waals surface area contributed by atoms with Crippen molar-refractivity contribution in [3.05, 3.63) is 59.7 Å². The van der Waals surface area contributed by atoms with E-state index in [1.165, 1.54) is 5.56 Å². The molecular weight excluding hydrogens is 328 g/mol. The van der Waals surface area contributed by atoms with Gasteiger partial charge in [0.15, 0.2) is 0 Å². The average molecular weight is 354 g/mol. The summed E-state index contributed by atoms with van der Waals surface area (Å²) in [5, 5.41) is 10.1. The second-order valence-corrected chi connectivity index (χ2v) is 6.45. The highest BCUT2D eigenvalue weighted by atomic mass is 16.5. The molecule has 0 amide bonds. The maximum absolute atomic E-state index is 10.1. The molecule has 138 valence electrons. The van der Waals surface area contributed by atoms with Gasteiger partial charge in [0.05, 0.1) is 32.4 Å². The average Bonchev–Trinajstić information content (AvgIpc) is 2.69. The van der Waals surface area contributed by atoms with E-state index in [-0.39, 0.29) is 17.8 Å². The molecule has 1 aliphatic heterocycles. The molecule has 1 saturated heterocycles. The first-order chi connectivity index (χ1) is 12.7. The first-order valence-corrected chi connectivity index (χ1v) is 8.96. The number of phenols is 1. The van der Waals surface area contributed by atoms with E-state index < -0.39 is 0 Å². The molecule has 5 nitrogen and oxygen atoms in total. The molecule has 0 aromatic heterocycles. The van der Waals surface area contributed by atoms with Gasteiger partial charge in [0, 0.05) is 24.9 Å². The van der Waals surface area contributed by atoms with Crippen molar-refractivity contribution in [1.29, 1.82) is 0 Å². The second-order valence-electron chi connectivity index (χ2n) is 6.45. The molecule has 1 N–H and O–H groups in total. The molecule has 2 aromatic rings. The SMILES string of the molecule is COc1ccc(O)c(C=N[C@H](C)[C@@H](c2ccccc2)N2CCOCC2)c1. The molecule has 0 unspecified atom stereocenters. The predicted molar refractivity (Wildman–Crippen MR) is 103 cm³/mol. The number of hydrogen-bond acceptors (Lipinski definition) is 5. The molecule has 5 heteroatoms. The Labute approximate surface area is 154 Å². The standard InChI is InChI=1S/C21H26N2O3/c1-16(22-15-18-14-19(25-2)8-9-20(18)24)21(17-6-4-3-5-7-17)23-10-12-26-13-11-23/h3-9,14-16,21,24H,10-13H2,1-2H3/t16-,21+/m1/s1. The lowest BCUT2D eigenvalue weighted by Crippen LogP contribution is -2.42. The fourth-order valence-electron chi connectivity index (χ4n) is 3.34. The van der Waals surface area contributed by atoms with Gasteiger partial charge in [-0.25, -0.2) is 0 Å². The van der Waals surface area contributed by atoms with Crippen molar-refractivity contribution in [2.45, 2.75) is 19.0 Å². The largest absolute Gasteiger partial charge is 0.507 e. The third kappa shape index (κ3) is 4.42. The van der Waals surface area contributed by atoms with Crippen LogP contribution in [0.4, 0.5) is 0 Å². The Morgan fingerprint density at radius 2 is 1.88 bits per heavy atom. The summed E-state index contributed by atoms with van der Waals surface area (Å²) < 4.78 is 10.7. The number of ether oxygens (including phenoxy) is 2. The fourth-order valence-corrected chi connectivity index (χ4v) is 3.34. The summed E-state index contributed by atoms with van der Waals surface area (Å²) in [5.74, 6) is 0.897. The molecule has 1 heterocycles. The van der Waals surface area contributed by atoms with Crippen molar-refractivity contribution in [2.75, 3.05) is 33.4 Å². The maximum atomic E-state index is 10.1. The van der Waals surface area contributed by atoms with Gasteiger partial charge in [-0.2, -0.15) is 0 Å². The zero-order valence-electron chi connectivity index (χ0n) is 15.3. The lowest BCUT2D eigenvalue weighted by Gasteiger charge is -2.37. The van der Waals surface area contributed by atoms with Crippen LogP contribution in [0.1, 0.15) is 24.1 Å². The third-order valence-electron chi connectivity index (χ3n) is 4.72. The van der Waals surface area contributed by atoms with Crippen LogP contribution >= 0.6 is 0 Å². The molecule has 2 atom stereocenters. The highest BCUT2D eigenvalue weighted by Crippen LogP contribution is 2.28. The molecule has 1 fully saturated rings. The van der Waals surface area contributed by atoms with Crippen molar-refractivity contribution in [3.8, 4) is 11.5 Å². The molecule has 0 saturated carbocycles. The Morgan fingerprint density at radius 1 is 1.15 bits per heavy atom. The Hall–Kier alpha value is -2.37. The maximum Gasteiger partial charge on any atom is 0.124 e. The van der Waals surface area contributed by atoms with E-state index in [1.807, 2.05) is 6.07 Å². The summed E-state index contributed by atoms with van der Waals surface area (Å²) in [6.45, 7) is 5.39. The van der Waals surface area contributed by atoms with Crippen LogP contribution in [-0.2, 0) is 4.74 Å². The van der Waals surface area contributed by atoms with Crippen LogP contribution in [0.15, 0.2) is 53.5 Å². The monoisotopic (exact) mass is 354 g/mol. The molecule has 0 radical (unpaired) electrons. The third-order valence-corrected chi connectivity index (χ3v) is 4.72. The molecule has 0 aliphatic carbocycles. The van der Waals surface area contributed by atoms with Crippen LogP contribution in [-0.4, -0.2) is 55.7 Å². The van der Waals surface area contributed by atoms with Gasteiger partial charge in [0.25, 0.3) is 0 Å². The van der Waals surface area contributed by atoms with Crippen LogP contribution in [0, 0.1) is 0 Å². The molecule has 26 heavy (non-hydrogen) atoms. The van der Waals surface area contributed by atoms with Gasteiger partial charge in [-0.15, -0.1) is 0 Å². The second kappa shape index (κ2) is 8.83. The Balaban J connectivity index is 1.84. The number of methoxy groups -OCH3 is 1. The first-order valence-electron chi connectivity index (χ1n) is 8.96. The minimum absolute atomic E-state index is 0.0288. The summed E-state index contributed by atoms with van der Waals surface area (Å²) in [6, 6.07) is 15.8. The molecule has 0 bridgehead atoms. The highest BCUT2D eigenvalue weighted by Gasteiger charge is 2.27. The van der Waals surface area contributed by atoms with Crippen molar-refractivity contribution in [3.63, 3.8) is 0 Å². The zero-order chi connectivity index (χ0) is 18.4. The Morgan fingerprint density at radius 3 is 2.58 bits per heavy atom. The predicted octanol–water partition coefficient (Wildman–Crippen LogP) is 3.28. The van der Waals surface area contributed by atoms with Crippen LogP contribution in [0.25, 0.3) is 0 Å². The van der Waals surface area contributed by atoms with Gasteiger partial charge in [0.1, 0.15) is 11.5 Å². The lowest BCUT2D eigenvalue weighted by atomic mass is 9.98. The number of rotatable bonds is 6. The summed E-state index contributed by atoms with van der Waals surface area (Å²) in [4.78, 5) is 7.18. The summed E-state index contributed by atoms with van der Waals surface area (Å²) in [7, 11) is 1.61. The van der Waals surface area contributed by atoms with E-state index in [9.17, 15) is 5.11 Å². The Kier molecular flexibility index (Phi) is 6.26. The van der Waals surface area contributed by atoms with Crippen molar-refractivity contribution in [2.24, 2.45) is 4.99 Å². The molecule has 2 aromatic carbocycles. The number of aromatic hydroxyl groups is 1. The summed E-state index contributed by atoms with van der Waals surface area (Å²) in [6.07, 6.45) is 1.74. The Bertz CT molecular complexity index is 727. The van der Waals surface area contributed by atoms with Gasteiger partial charge in [-0.1, -0.05) is 30.3 Å². The zero-order valence-corrected chi connectivity index (χ0v) is 15.3. The molecule has 0 spiro atoms. The van der Waals surface area contributed by atoms with Gasteiger partial charge in [-0.05, 0) is 30.7 Å². The van der Waals surface area contributed by atoms with Gasteiger partial charge < -0.3 is 14.6 Å². The number of hydrogen-bond donors (Lipinski definition) is 1.